The average molecular weight is 322 g/mol. The van der Waals surface area contributed by atoms with Gasteiger partial charge in [0.25, 0.3) is 0 Å². The molecular weight excluding hydrogens is 296 g/mol. The maximum Gasteiger partial charge on any atom is 0.311 e. The van der Waals surface area contributed by atoms with E-state index in [1.54, 1.807) is 5.41 Å². The zero-order valence-electron chi connectivity index (χ0n) is 14.1. The Balaban J connectivity index is 2.41. The maximum absolute atomic E-state index is 12.2. The van der Waals surface area contributed by atoms with E-state index in [9.17, 15) is 9.00 Å². The van der Waals surface area contributed by atoms with Crippen LogP contribution in [0.4, 0.5) is 0 Å². The van der Waals surface area contributed by atoms with Gasteiger partial charge in [-0.2, -0.15) is 0 Å². The molecule has 1 aromatic rings. The largest absolute Gasteiger partial charge is 0.465 e. The molecule has 0 bridgehead atoms. The van der Waals surface area contributed by atoms with Crippen molar-refractivity contribution in [3.05, 3.63) is 40.8 Å². The molecule has 3 nitrogen and oxygen atoms in total. The Morgan fingerprint density at radius 2 is 1.82 bits per heavy atom. The molecule has 0 aliphatic rings. The smallest absolute Gasteiger partial charge is 0.311 e. The van der Waals surface area contributed by atoms with Crippen molar-refractivity contribution in [2.75, 3.05) is 6.61 Å². The van der Waals surface area contributed by atoms with Crippen molar-refractivity contribution < 1.29 is 13.7 Å². The van der Waals surface area contributed by atoms with Gasteiger partial charge in [-0.1, -0.05) is 23.3 Å². The normalized spacial score (nSPS) is 13.8. The Morgan fingerprint density at radius 1 is 1.23 bits per heavy atom. The first-order valence-corrected chi connectivity index (χ1v) is 8.73. The van der Waals surface area contributed by atoms with Gasteiger partial charge in [-0.05, 0) is 59.6 Å². The Kier molecular flexibility index (Phi) is 7.01. The Morgan fingerprint density at radius 3 is 2.36 bits per heavy atom. The van der Waals surface area contributed by atoms with Gasteiger partial charge in [0.1, 0.15) is 0 Å². The highest BCUT2D eigenvalue weighted by Crippen LogP contribution is 2.16. The number of carbonyl (C=O) groups excluding carboxylic acids is 1. The molecule has 0 spiro atoms. The first-order chi connectivity index (χ1) is 10.2. The van der Waals surface area contributed by atoms with E-state index in [0.29, 0.717) is 6.61 Å². The fourth-order valence-electron chi connectivity index (χ4n) is 1.71. The monoisotopic (exact) mass is 322 g/mol. The summed E-state index contributed by atoms with van der Waals surface area (Å²) in [5.74, 6) is -0.183. The van der Waals surface area contributed by atoms with Crippen LogP contribution in [0.1, 0.15) is 46.1 Å². The molecule has 22 heavy (non-hydrogen) atoms. The summed E-state index contributed by atoms with van der Waals surface area (Å²) in [5, 5.41) is 1.77. The van der Waals surface area contributed by atoms with Crippen molar-refractivity contribution in [3.63, 3.8) is 0 Å². The fourth-order valence-corrected chi connectivity index (χ4v) is 2.74. The molecule has 1 atom stereocenters. The van der Waals surface area contributed by atoms with Gasteiger partial charge in [-0.15, -0.1) is 0 Å². The molecule has 0 heterocycles. The number of aryl methyl sites for hydroxylation is 1. The third-order valence-corrected chi connectivity index (χ3v) is 4.48. The number of benzene rings is 1. The van der Waals surface area contributed by atoms with Gasteiger partial charge in [0, 0.05) is 10.3 Å². The van der Waals surface area contributed by atoms with E-state index in [4.69, 9.17) is 4.74 Å². The van der Waals surface area contributed by atoms with Gasteiger partial charge < -0.3 is 4.74 Å². The summed E-state index contributed by atoms with van der Waals surface area (Å²) < 4.78 is 17.4. The minimum atomic E-state index is -1.12. The van der Waals surface area contributed by atoms with Crippen LogP contribution in [0.25, 0.3) is 0 Å². The van der Waals surface area contributed by atoms with Crippen LogP contribution in [0.5, 0.6) is 0 Å². The highest BCUT2D eigenvalue weighted by atomic mass is 32.2. The lowest BCUT2D eigenvalue weighted by Gasteiger charge is -2.16. The molecule has 0 aromatic heterocycles. The summed E-state index contributed by atoms with van der Waals surface area (Å²) in [6.45, 7) is 9.88. The van der Waals surface area contributed by atoms with Crippen molar-refractivity contribution in [2.45, 2.75) is 52.4 Å². The fraction of sp³-hybridized carbons (Fsp3) is 0.500. The van der Waals surface area contributed by atoms with Crippen LogP contribution in [0.2, 0.25) is 0 Å². The second kappa shape index (κ2) is 8.28. The van der Waals surface area contributed by atoms with Gasteiger partial charge in [-0.3, -0.25) is 4.79 Å². The lowest BCUT2D eigenvalue weighted by Crippen LogP contribution is -2.23. The third-order valence-electron chi connectivity index (χ3n) is 3.12. The van der Waals surface area contributed by atoms with E-state index < -0.39 is 16.2 Å². The van der Waals surface area contributed by atoms with Crippen LogP contribution in [-0.2, 0) is 20.3 Å². The van der Waals surface area contributed by atoms with Crippen molar-refractivity contribution in [1.29, 1.82) is 0 Å². The number of allylic oxidation sites excluding steroid dienone is 1. The van der Waals surface area contributed by atoms with Crippen LogP contribution in [0.15, 0.2) is 40.1 Å². The predicted octanol–water partition coefficient (Wildman–Crippen LogP) is 4.38. The van der Waals surface area contributed by atoms with Crippen molar-refractivity contribution >= 4 is 16.8 Å². The van der Waals surface area contributed by atoms with Crippen LogP contribution >= 0.6 is 0 Å². The standard InChI is InChI=1S/C18H26O3S/c1-14-8-10-16(11-9-14)22(20)13-15(2)7-6-12-21-17(19)18(3,4)5/h8-11,13H,6-7,12H2,1-5H3/b15-13+/t22-/m1/s1. The lowest BCUT2D eigenvalue weighted by atomic mass is 9.97. The molecule has 0 saturated heterocycles. The van der Waals surface area contributed by atoms with E-state index >= 15 is 0 Å². The summed E-state index contributed by atoms with van der Waals surface area (Å²) in [7, 11) is -1.12. The zero-order chi connectivity index (χ0) is 16.8. The van der Waals surface area contributed by atoms with Gasteiger partial charge >= 0.3 is 5.97 Å². The molecule has 1 aromatic carbocycles. The van der Waals surface area contributed by atoms with E-state index in [-0.39, 0.29) is 5.97 Å². The molecule has 0 amide bonds. The Hall–Kier alpha value is -1.42. The Bertz CT molecular complexity index is 551. The molecule has 0 N–H and O–H groups in total. The second-order valence-electron chi connectivity index (χ2n) is 6.56. The molecule has 0 fully saturated rings. The van der Waals surface area contributed by atoms with Crippen LogP contribution in [0, 0.1) is 12.3 Å². The van der Waals surface area contributed by atoms with Gasteiger partial charge in [-0.25, -0.2) is 4.21 Å². The minimum Gasteiger partial charge on any atom is -0.465 e. The highest BCUT2D eigenvalue weighted by Gasteiger charge is 2.22. The molecular formula is C18H26O3S. The van der Waals surface area contributed by atoms with Crippen LogP contribution < -0.4 is 0 Å². The van der Waals surface area contributed by atoms with E-state index in [0.717, 1.165) is 28.9 Å². The number of carbonyl (C=O) groups is 1. The van der Waals surface area contributed by atoms with Crippen molar-refractivity contribution in [3.8, 4) is 0 Å². The van der Waals surface area contributed by atoms with Gasteiger partial charge in [0.15, 0.2) is 0 Å². The summed E-state index contributed by atoms with van der Waals surface area (Å²) in [6, 6.07) is 7.70. The Labute approximate surface area is 136 Å². The average Bonchev–Trinajstić information content (AvgIpc) is 2.42. The number of hydrogen-bond donors (Lipinski definition) is 0. The number of ether oxygens (including phenoxy) is 1. The summed E-state index contributed by atoms with van der Waals surface area (Å²) >= 11 is 0. The van der Waals surface area contributed by atoms with Crippen molar-refractivity contribution in [2.24, 2.45) is 5.41 Å². The van der Waals surface area contributed by atoms with Gasteiger partial charge in [0.2, 0.25) is 0 Å². The number of esters is 1. The minimum absolute atomic E-state index is 0.183. The molecule has 1 rings (SSSR count). The second-order valence-corrected chi connectivity index (χ2v) is 7.87. The van der Waals surface area contributed by atoms with E-state index in [1.807, 2.05) is 58.9 Å². The molecule has 122 valence electrons. The first-order valence-electron chi connectivity index (χ1n) is 7.52. The lowest BCUT2D eigenvalue weighted by molar-refractivity contribution is -0.153. The van der Waals surface area contributed by atoms with E-state index in [1.165, 1.54) is 0 Å². The predicted molar refractivity (Wildman–Crippen MR) is 91.0 cm³/mol. The van der Waals surface area contributed by atoms with E-state index in [2.05, 4.69) is 0 Å². The quantitative estimate of drug-likeness (QED) is 0.577. The molecule has 0 aliphatic carbocycles. The molecule has 0 radical (unpaired) electrons. The zero-order valence-corrected chi connectivity index (χ0v) is 15.0. The van der Waals surface area contributed by atoms with Gasteiger partial charge in [0.05, 0.1) is 22.8 Å². The molecule has 0 aliphatic heterocycles. The molecule has 4 heteroatoms. The number of rotatable bonds is 6. The summed E-state index contributed by atoms with van der Waals surface area (Å²) in [4.78, 5) is 12.4. The third kappa shape index (κ3) is 6.56. The first kappa shape index (κ1) is 18.6. The van der Waals surface area contributed by atoms with Crippen LogP contribution in [0.3, 0.4) is 0 Å². The number of hydrogen-bond acceptors (Lipinski definition) is 3. The molecule has 0 saturated carbocycles. The molecule has 0 unspecified atom stereocenters. The van der Waals surface area contributed by atoms with Crippen LogP contribution in [-0.4, -0.2) is 16.8 Å². The van der Waals surface area contributed by atoms with Crippen molar-refractivity contribution in [1.82, 2.24) is 0 Å². The highest BCUT2D eigenvalue weighted by molar-refractivity contribution is 7.88. The maximum atomic E-state index is 12.2. The topological polar surface area (TPSA) is 43.4 Å². The summed E-state index contributed by atoms with van der Waals surface area (Å²) in [5.41, 5.74) is 1.74. The summed E-state index contributed by atoms with van der Waals surface area (Å²) in [6.07, 6.45) is 1.52. The SMILES string of the molecule is C/C(=C\[S@@](=O)c1ccc(C)cc1)CCCOC(=O)C(C)(C)C.